The quantitative estimate of drug-likeness (QED) is 0.523. The van der Waals surface area contributed by atoms with Crippen LogP contribution in [0.1, 0.15) is 53.3 Å². The highest BCUT2D eigenvalue weighted by atomic mass is 16.6. The minimum absolute atomic E-state index is 0.0145. The number of hydrogen-bond acceptors (Lipinski definition) is 3. The number of aromatic carboxylic acids is 1. The standard InChI is InChI=1S/C22H20O4/c1-22(8-4-5-9-22)26-21(25)19-13-17-11-15-7-3-2-6-14(15)10-16(17)12-18(19)20(23)24/h2-3,6-7,10-13H,4-5,8-9H2,1H3,(H,23,24). The van der Waals surface area contributed by atoms with Gasteiger partial charge in [-0.05, 0) is 78.4 Å². The van der Waals surface area contributed by atoms with E-state index in [0.29, 0.717) is 0 Å². The van der Waals surface area contributed by atoms with E-state index in [1.807, 2.05) is 43.3 Å². The lowest BCUT2D eigenvalue weighted by molar-refractivity contribution is -0.00635. The number of carboxylic acid groups (broad SMARTS) is 1. The number of hydrogen-bond donors (Lipinski definition) is 1. The van der Waals surface area contributed by atoms with E-state index in [2.05, 4.69) is 0 Å². The number of carbonyl (C=O) groups is 2. The van der Waals surface area contributed by atoms with Crippen molar-refractivity contribution in [2.45, 2.75) is 38.2 Å². The second-order valence-corrected chi connectivity index (χ2v) is 7.30. The van der Waals surface area contributed by atoms with Gasteiger partial charge >= 0.3 is 11.9 Å². The average Bonchev–Trinajstić information content (AvgIpc) is 3.04. The molecule has 4 heteroatoms. The third-order valence-corrected chi connectivity index (χ3v) is 5.29. The van der Waals surface area contributed by atoms with E-state index in [4.69, 9.17) is 4.74 Å². The molecule has 3 aromatic carbocycles. The normalized spacial score (nSPS) is 16.0. The third-order valence-electron chi connectivity index (χ3n) is 5.29. The van der Waals surface area contributed by atoms with Crippen LogP contribution in [0.25, 0.3) is 21.5 Å². The summed E-state index contributed by atoms with van der Waals surface area (Å²) >= 11 is 0. The zero-order valence-electron chi connectivity index (χ0n) is 14.6. The molecule has 0 aliphatic heterocycles. The van der Waals surface area contributed by atoms with E-state index in [1.54, 1.807) is 12.1 Å². The lowest BCUT2D eigenvalue weighted by atomic mass is 9.97. The molecule has 1 aliphatic rings. The highest BCUT2D eigenvalue weighted by Crippen LogP contribution is 2.34. The van der Waals surface area contributed by atoms with Gasteiger partial charge in [0.05, 0.1) is 11.1 Å². The summed E-state index contributed by atoms with van der Waals surface area (Å²) in [5.74, 6) is -1.68. The minimum atomic E-state index is -1.12. The Bertz CT molecular complexity index is 1030. The second kappa shape index (κ2) is 6.13. The topological polar surface area (TPSA) is 63.6 Å². The molecule has 1 aliphatic carbocycles. The molecule has 0 spiro atoms. The Balaban J connectivity index is 1.83. The maximum Gasteiger partial charge on any atom is 0.339 e. The Hall–Kier alpha value is -2.88. The van der Waals surface area contributed by atoms with Crippen LogP contribution in [0.3, 0.4) is 0 Å². The molecule has 1 N–H and O–H groups in total. The summed E-state index contributed by atoms with van der Waals surface area (Å²) in [5, 5.41) is 13.3. The number of rotatable bonds is 3. The zero-order valence-corrected chi connectivity index (χ0v) is 14.6. The average molecular weight is 348 g/mol. The molecule has 1 saturated carbocycles. The molecule has 4 nitrogen and oxygen atoms in total. The van der Waals surface area contributed by atoms with Crippen molar-refractivity contribution >= 4 is 33.5 Å². The molecule has 0 saturated heterocycles. The van der Waals surface area contributed by atoms with Gasteiger partial charge in [0.25, 0.3) is 0 Å². The number of benzene rings is 3. The second-order valence-electron chi connectivity index (χ2n) is 7.30. The molecule has 4 rings (SSSR count). The van der Waals surface area contributed by atoms with Gasteiger partial charge in [-0.25, -0.2) is 9.59 Å². The number of carboxylic acids is 1. The highest BCUT2D eigenvalue weighted by molar-refractivity contribution is 6.09. The fraction of sp³-hybridized carbons (Fsp3) is 0.273. The molecule has 3 aromatic rings. The zero-order chi connectivity index (χ0) is 18.3. The van der Waals surface area contributed by atoms with Crippen LogP contribution in [0.4, 0.5) is 0 Å². The highest BCUT2D eigenvalue weighted by Gasteiger charge is 2.34. The van der Waals surface area contributed by atoms with Crippen LogP contribution < -0.4 is 0 Å². The molecule has 0 heterocycles. The van der Waals surface area contributed by atoms with E-state index in [9.17, 15) is 14.7 Å². The van der Waals surface area contributed by atoms with Gasteiger partial charge in [-0.2, -0.15) is 0 Å². The Morgan fingerprint density at radius 1 is 0.885 bits per heavy atom. The Kier molecular flexibility index (Phi) is 3.91. The smallest absolute Gasteiger partial charge is 0.339 e. The summed E-state index contributed by atoms with van der Waals surface area (Å²) in [5.41, 5.74) is -0.390. The van der Waals surface area contributed by atoms with Crippen molar-refractivity contribution in [1.82, 2.24) is 0 Å². The van der Waals surface area contributed by atoms with Crippen molar-refractivity contribution in [2.75, 3.05) is 0 Å². The summed E-state index contributed by atoms with van der Waals surface area (Å²) < 4.78 is 5.71. The van der Waals surface area contributed by atoms with Crippen molar-refractivity contribution in [3.63, 3.8) is 0 Å². The molecule has 1 fully saturated rings. The van der Waals surface area contributed by atoms with Crippen molar-refractivity contribution in [1.29, 1.82) is 0 Å². The van der Waals surface area contributed by atoms with Crippen LogP contribution in [0.2, 0.25) is 0 Å². The summed E-state index contributed by atoms with van der Waals surface area (Å²) in [4.78, 5) is 24.5. The van der Waals surface area contributed by atoms with Crippen molar-refractivity contribution < 1.29 is 19.4 Å². The fourth-order valence-electron chi connectivity index (χ4n) is 3.84. The summed E-state index contributed by atoms with van der Waals surface area (Å²) in [6, 6.07) is 15.0. The summed E-state index contributed by atoms with van der Waals surface area (Å²) in [6.45, 7) is 1.92. The summed E-state index contributed by atoms with van der Waals surface area (Å²) in [6.07, 6.45) is 3.69. The van der Waals surface area contributed by atoms with E-state index in [1.165, 1.54) is 0 Å². The maximum atomic E-state index is 12.8. The fourth-order valence-corrected chi connectivity index (χ4v) is 3.84. The van der Waals surface area contributed by atoms with Crippen LogP contribution in [0.15, 0.2) is 48.5 Å². The maximum absolute atomic E-state index is 12.8. The lowest BCUT2D eigenvalue weighted by Gasteiger charge is -2.24. The van der Waals surface area contributed by atoms with Gasteiger partial charge in [-0.3, -0.25) is 0 Å². The van der Waals surface area contributed by atoms with Crippen molar-refractivity contribution in [3.8, 4) is 0 Å². The monoisotopic (exact) mass is 348 g/mol. The Labute approximate surface area is 151 Å². The lowest BCUT2D eigenvalue weighted by Crippen LogP contribution is -2.28. The van der Waals surface area contributed by atoms with Crippen LogP contribution in [0, 0.1) is 0 Å². The molecule has 132 valence electrons. The molecular formula is C22H20O4. The largest absolute Gasteiger partial charge is 0.478 e. The van der Waals surface area contributed by atoms with Gasteiger partial charge in [0.1, 0.15) is 5.60 Å². The molecule has 0 aromatic heterocycles. The number of esters is 1. The van der Waals surface area contributed by atoms with Gasteiger partial charge in [-0.1, -0.05) is 24.3 Å². The first kappa shape index (κ1) is 16.6. The molecule has 0 bridgehead atoms. The Morgan fingerprint density at radius 3 is 1.96 bits per heavy atom. The van der Waals surface area contributed by atoms with Crippen molar-refractivity contribution in [3.05, 3.63) is 59.7 Å². The van der Waals surface area contributed by atoms with Gasteiger partial charge in [0.15, 0.2) is 0 Å². The van der Waals surface area contributed by atoms with Gasteiger partial charge < -0.3 is 9.84 Å². The van der Waals surface area contributed by atoms with E-state index in [-0.39, 0.29) is 11.1 Å². The predicted molar refractivity (Wildman–Crippen MR) is 101 cm³/mol. The first-order valence-corrected chi connectivity index (χ1v) is 8.88. The molecule has 0 unspecified atom stereocenters. The number of fused-ring (bicyclic) bond motifs is 2. The SMILES string of the molecule is CC1(OC(=O)c2cc3cc4ccccc4cc3cc2C(=O)O)CCCC1. The van der Waals surface area contributed by atoms with E-state index < -0.39 is 17.5 Å². The predicted octanol–water partition coefficient (Wildman–Crippen LogP) is 5.18. The summed E-state index contributed by atoms with van der Waals surface area (Å²) in [7, 11) is 0. The van der Waals surface area contributed by atoms with E-state index >= 15 is 0 Å². The van der Waals surface area contributed by atoms with Crippen LogP contribution >= 0.6 is 0 Å². The van der Waals surface area contributed by atoms with Gasteiger partial charge in [0, 0.05) is 0 Å². The first-order valence-electron chi connectivity index (χ1n) is 8.88. The Morgan fingerprint density at radius 2 is 1.42 bits per heavy atom. The van der Waals surface area contributed by atoms with Crippen molar-refractivity contribution in [2.24, 2.45) is 0 Å². The van der Waals surface area contributed by atoms with E-state index in [0.717, 1.165) is 47.2 Å². The molecular weight excluding hydrogens is 328 g/mol. The van der Waals surface area contributed by atoms with Gasteiger partial charge in [0.2, 0.25) is 0 Å². The van der Waals surface area contributed by atoms with Crippen LogP contribution in [-0.2, 0) is 4.74 Å². The molecule has 0 radical (unpaired) electrons. The number of carbonyl (C=O) groups excluding carboxylic acids is 1. The molecule has 0 amide bonds. The third kappa shape index (κ3) is 2.92. The van der Waals surface area contributed by atoms with Crippen LogP contribution in [0.5, 0.6) is 0 Å². The van der Waals surface area contributed by atoms with Gasteiger partial charge in [-0.15, -0.1) is 0 Å². The molecule has 0 atom stereocenters. The molecule has 26 heavy (non-hydrogen) atoms. The minimum Gasteiger partial charge on any atom is -0.478 e. The first-order chi connectivity index (χ1) is 12.5. The number of ether oxygens (including phenoxy) is 1. The van der Waals surface area contributed by atoms with Crippen LogP contribution in [-0.4, -0.2) is 22.6 Å².